The number of hydrogen-bond acceptors (Lipinski definition) is 6. The zero-order valence-electron chi connectivity index (χ0n) is 8.61. The number of aromatic nitrogens is 1. The van der Waals surface area contributed by atoms with Crippen LogP contribution < -0.4 is 11.1 Å². The first-order chi connectivity index (χ1) is 7.63. The predicted octanol–water partition coefficient (Wildman–Crippen LogP) is -1.61. The molecule has 1 aliphatic rings. The molecule has 6 nitrogen and oxygen atoms in total. The van der Waals surface area contributed by atoms with Gasteiger partial charge in [0.1, 0.15) is 11.9 Å². The molecule has 1 aromatic rings. The topological polar surface area (TPSA) is 112 Å². The van der Waals surface area contributed by atoms with Gasteiger partial charge in [-0.25, -0.2) is 4.98 Å². The summed E-state index contributed by atoms with van der Waals surface area (Å²) in [5.74, 6) is 0.399. The molecule has 1 fully saturated rings. The van der Waals surface area contributed by atoms with Crippen LogP contribution in [0, 0.1) is 0 Å². The van der Waals surface area contributed by atoms with Gasteiger partial charge in [-0.05, 0) is 11.6 Å². The number of aliphatic hydroxyl groups is 3. The molecule has 1 saturated heterocycles. The van der Waals surface area contributed by atoms with Crippen LogP contribution in [0.2, 0.25) is 0 Å². The molecule has 4 atom stereocenters. The zero-order valence-corrected chi connectivity index (χ0v) is 8.61. The standard InChI is InChI=1S/C10H15N3O3/c11-7-2-1-5(3-12-7)8-10(16)9(15)6(4-14)13-8/h1-3,6,8-10,13-16H,4H2,(H2,11,12)/t6-,8+,9-,10+/m1/s1. The molecule has 88 valence electrons. The van der Waals surface area contributed by atoms with E-state index in [0.29, 0.717) is 5.82 Å². The van der Waals surface area contributed by atoms with Crippen molar-refractivity contribution in [2.45, 2.75) is 24.3 Å². The minimum Gasteiger partial charge on any atom is -0.395 e. The molecule has 16 heavy (non-hydrogen) atoms. The van der Waals surface area contributed by atoms with Crippen LogP contribution in [-0.4, -0.2) is 45.2 Å². The van der Waals surface area contributed by atoms with E-state index in [4.69, 9.17) is 10.8 Å². The Hall–Kier alpha value is -1.21. The summed E-state index contributed by atoms with van der Waals surface area (Å²) in [5, 5.41) is 31.4. The van der Waals surface area contributed by atoms with Gasteiger partial charge in [0, 0.05) is 6.20 Å². The quantitative estimate of drug-likeness (QED) is 0.414. The Kier molecular flexibility index (Phi) is 3.06. The number of anilines is 1. The molecule has 0 spiro atoms. The molecule has 0 amide bonds. The van der Waals surface area contributed by atoms with Crippen molar-refractivity contribution in [1.82, 2.24) is 10.3 Å². The molecule has 0 saturated carbocycles. The lowest BCUT2D eigenvalue weighted by Gasteiger charge is -2.15. The summed E-state index contributed by atoms with van der Waals surface area (Å²) in [7, 11) is 0. The smallest absolute Gasteiger partial charge is 0.123 e. The van der Waals surface area contributed by atoms with Crippen molar-refractivity contribution in [2.75, 3.05) is 12.3 Å². The molecule has 6 heteroatoms. The van der Waals surface area contributed by atoms with Gasteiger partial charge < -0.3 is 26.4 Å². The minimum atomic E-state index is -0.979. The van der Waals surface area contributed by atoms with Crippen LogP contribution in [0.5, 0.6) is 0 Å². The number of hydrogen-bond donors (Lipinski definition) is 5. The molecule has 0 aromatic carbocycles. The van der Waals surface area contributed by atoms with E-state index in [2.05, 4.69) is 10.3 Å². The maximum absolute atomic E-state index is 9.80. The summed E-state index contributed by atoms with van der Waals surface area (Å²) in [5.41, 5.74) is 6.19. The Morgan fingerprint density at radius 1 is 1.31 bits per heavy atom. The average Bonchev–Trinajstić information content (AvgIpc) is 2.57. The first-order valence-corrected chi connectivity index (χ1v) is 5.08. The average molecular weight is 225 g/mol. The maximum Gasteiger partial charge on any atom is 0.123 e. The van der Waals surface area contributed by atoms with Gasteiger partial charge in [-0.1, -0.05) is 6.07 Å². The summed E-state index contributed by atoms with van der Waals surface area (Å²) < 4.78 is 0. The highest BCUT2D eigenvalue weighted by atomic mass is 16.3. The van der Waals surface area contributed by atoms with E-state index in [0.717, 1.165) is 5.56 Å². The lowest BCUT2D eigenvalue weighted by atomic mass is 10.0. The Balaban J connectivity index is 2.19. The van der Waals surface area contributed by atoms with Crippen LogP contribution in [0.25, 0.3) is 0 Å². The molecular formula is C10H15N3O3. The normalized spacial score (nSPS) is 34.2. The summed E-state index contributed by atoms with van der Waals surface area (Å²) in [4.78, 5) is 3.92. The third-order valence-electron chi connectivity index (χ3n) is 2.86. The van der Waals surface area contributed by atoms with E-state index in [1.807, 2.05) is 0 Å². The fraction of sp³-hybridized carbons (Fsp3) is 0.500. The van der Waals surface area contributed by atoms with Crippen LogP contribution in [-0.2, 0) is 0 Å². The maximum atomic E-state index is 9.80. The molecule has 0 aliphatic carbocycles. The predicted molar refractivity (Wildman–Crippen MR) is 57.4 cm³/mol. The van der Waals surface area contributed by atoms with Crippen LogP contribution in [0.3, 0.4) is 0 Å². The highest BCUT2D eigenvalue weighted by Crippen LogP contribution is 2.27. The second-order valence-electron chi connectivity index (χ2n) is 3.93. The third-order valence-corrected chi connectivity index (χ3v) is 2.86. The fourth-order valence-electron chi connectivity index (χ4n) is 1.92. The number of rotatable bonds is 2. The number of pyridine rings is 1. The van der Waals surface area contributed by atoms with Gasteiger partial charge in [-0.2, -0.15) is 0 Å². The summed E-state index contributed by atoms with van der Waals surface area (Å²) in [6, 6.07) is 2.41. The van der Waals surface area contributed by atoms with Crippen LogP contribution in [0.4, 0.5) is 5.82 Å². The van der Waals surface area contributed by atoms with Crippen molar-refractivity contribution < 1.29 is 15.3 Å². The van der Waals surface area contributed by atoms with E-state index < -0.39 is 24.3 Å². The second kappa shape index (κ2) is 4.34. The molecule has 0 radical (unpaired) electrons. The first kappa shape index (κ1) is 11.3. The molecule has 0 bridgehead atoms. The summed E-state index contributed by atoms with van der Waals surface area (Å²) >= 11 is 0. The van der Waals surface area contributed by atoms with E-state index in [-0.39, 0.29) is 6.61 Å². The fourth-order valence-corrected chi connectivity index (χ4v) is 1.92. The lowest BCUT2D eigenvalue weighted by Crippen LogP contribution is -2.35. The molecule has 2 heterocycles. The molecule has 2 rings (SSSR count). The van der Waals surface area contributed by atoms with Gasteiger partial charge >= 0.3 is 0 Å². The van der Waals surface area contributed by atoms with Gasteiger partial charge in [-0.3, -0.25) is 0 Å². The van der Waals surface area contributed by atoms with Gasteiger partial charge in [0.2, 0.25) is 0 Å². The van der Waals surface area contributed by atoms with Crippen molar-refractivity contribution in [3.63, 3.8) is 0 Å². The van der Waals surface area contributed by atoms with Crippen molar-refractivity contribution in [1.29, 1.82) is 0 Å². The molecular weight excluding hydrogens is 210 g/mol. The van der Waals surface area contributed by atoms with Crippen molar-refractivity contribution >= 4 is 5.82 Å². The Morgan fingerprint density at radius 3 is 2.56 bits per heavy atom. The number of nitrogens with zero attached hydrogens (tertiary/aromatic N) is 1. The monoisotopic (exact) mass is 225 g/mol. The largest absolute Gasteiger partial charge is 0.395 e. The number of nitrogens with two attached hydrogens (primary N) is 1. The number of nitrogens with one attached hydrogen (secondary N) is 1. The van der Waals surface area contributed by atoms with E-state index in [1.165, 1.54) is 0 Å². The zero-order chi connectivity index (χ0) is 11.7. The third kappa shape index (κ3) is 1.88. The van der Waals surface area contributed by atoms with Crippen molar-refractivity contribution in [2.24, 2.45) is 0 Å². The van der Waals surface area contributed by atoms with E-state index in [9.17, 15) is 10.2 Å². The minimum absolute atomic E-state index is 0.225. The van der Waals surface area contributed by atoms with E-state index in [1.54, 1.807) is 18.3 Å². The van der Waals surface area contributed by atoms with Crippen LogP contribution in [0.15, 0.2) is 18.3 Å². The van der Waals surface area contributed by atoms with Crippen LogP contribution >= 0.6 is 0 Å². The Morgan fingerprint density at radius 2 is 2.06 bits per heavy atom. The van der Waals surface area contributed by atoms with Gasteiger partial charge in [0.25, 0.3) is 0 Å². The molecule has 1 aliphatic heterocycles. The highest BCUT2D eigenvalue weighted by Gasteiger charge is 2.41. The number of aliphatic hydroxyl groups excluding tert-OH is 3. The van der Waals surface area contributed by atoms with Gasteiger partial charge in [0.15, 0.2) is 0 Å². The SMILES string of the molecule is Nc1ccc([C@@H]2N[C@H](CO)[C@@H](O)[C@H]2O)cn1. The van der Waals surface area contributed by atoms with Crippen molar-refractivity contribution in [3.05, 3.63) is 23.9 Å². The highest BCUT2D eigenvalue weighted by molar-refractivity contribution is 5.31. The second-order valence-corrected chi connectivity index (χ2v) is 3.93. The summed E-state index contributed by atoms with van der Waals surface area (Å²) in [6.07, 6.45) is -0.391. The number of nitrogen functional groups attached to an aromatic ring is 1. The summed E-state index contributed by atoms with van der Waals surface area (Å²) in [6.45, 7) is -0.225. The van der Waals surface area contributed by atoms with Crippen molar-refractivity contribution in [3.8, 4) is 0 Å². The lowest BCUT2D eigenvalue weighted by molar-refractivity contribution is 0.0194. The van der Waals surface area contributed by atoms with Gasteiger partial charge in [-0.15, -0.1) is 0 Å². The van der Waals surface area contributed by atoms with Crippen LogP contribution in [0.1, 0.15) is 11.6 Å². The molecule has 6 N–H and O–H groups in total. The Labute approximate surface area is 92.7 Å². The first-order valence-electron chi connectivity index (χ1n) is 5.08. The molecule has 0 unspecified atom stereocenters. The Bertz CT molecular complexity index is 357. The van der Waals surface area contributed by atoms with E-state index >= 15 is 0 Å². The van der Waals surface area contributed by atoms with Gasteiger partial charge in [0.05, 0.1) is 24.8 Å². The molecule has 1 aromatic heterocycles.